The van der Waals surface area contributed by atoms with Gasteiger partial charge in [0.1, 0.15) is 5.60 Å². The van der Waals surface area contributed by atoms with Gasteiger partial charge >= 0.3 is 6.09 Å². The fourth-order valence-electron chi connectivity index (χ4n) is 4.18. The van der Waals surface area contributed by atoms with Gasteiger partial charge < -0.3 is 9.84 Å². The van der Waals surface area contributed by atoms with Gasteiger partial charge in [0.15, 0.2) is 5.78 Å². The van der Waals surface area contributed by atoms with Crippen LogP contribution in [-0.4, -0.2) is 34.4 Å². The van der Waals surface area contributed by atoms with E-state index in [1.54, 1.807) is 6.92 Å². The number of hydrogen-bond acceptors (Lipinski definition) is 5. The third-order valence-electron chi connectivity index (χ3n) is 5.76. The molecular weight excluding hydrogens is 310 g/mol. The Morgan fingerprint density at radius 2 is 2.04 bits per heavy atom. The highest BCUT2D eigenvalue weighted by atomic mass is 16.6. The predicted octanol–water partition coefficient (Wildman–Crippen LogP) is 2.57. The minimum atomic E-state index is -1.33. The van der Waals surface area contributed by atoms with Crippen LogP contribution in [0.3, 0.4) is 0 Å². The zero-order valence-electron chi connectivity index (χ0n) is 14.2. The Hall–Kier alpha value is -1.92. The van der Waals surface area contributed by atoms with E-state index in [-0.39, 0.29) is 12.4 Å². The highest BCUT2D eigenvalue weighted by molar-refractivity contribution is 6.10. The second-order valence-corrected chi connectivity index (χ2v) is 7.05. The van der Waals surface area contributed by atoms with Crippen LogP contribution < -0.4 is 5.48 Å². The lowest BCUT2D eigenvalue weighted by Gasteiger charge is -2.39. The van der Waals surface area contributed by atoms with Gasteiger partial charge in [0.2, 0.25) is 0 Å². The van der Waals surface area contributed by atoms with Crippen molar-refractivity contribution in [3.8, 4) is 0 Å². The van der Waals surface area contributed by atoms with Crippen LogP contribution in [0.1, 0.15) is 46.5 Å². The quantitative estimate of drug-likeness (QED) is 0.417. The van der Waals surface area contributed by atoms with Crippen molar-refractivity contribution in [1.29, 1.82) is 0 Å². The number of carbonyl (C=O) groups excluding carboxylic acids is 2. The summed E-state index contributed by atoms with van der Waals surface area (Å²) in [5.74, 6) is -0.189. The average Bonchev–Trinajstić information content (AvgIpc) is 3.29. The number of allylic oxidation sites excluding steroid dienone is 4. The summed E-state index contributed by atoms with van der Waals surface area (Å²) < 4.78 is 4.79. The number of hydrogen-bond donors (Lipinski definition) is 3. The Labute approximate surface area is 140 Å². The van der Waals surface area contributed by atoms with E-state index in [1.807, 2.05) is 19.9 Å². The second kappa shape index (κ2) is 5.57. The summed E-state index contributed by atoms with van der Waals surface area (Å²) in [5, 5.41) is 19.2. The highest BCUT2D eigenvalue weighted by Gasteiger charge is 2.64. The van der Waals surface area contributed by atoms with Crippen molar-refractivity contribution in [2.45, 2.75) is 52.1 Å². The van der Waals surface area contributed by atoms with Crippen molar-refractivity contribution in [3.05, 3.63) is 33.9 Å². The van der Waals surface area contributed by atoms with Gasteiger partial charge in [-0.25, -0.2) is 10.3 Å². The van der Waals surface area contributed by atoms with Crippen LogP contribution in [0.5, 0.6) is 0 Å². The molecule has 1 spiro atoms. The molecule has 0 heterocycles. The normalized spacial score (nSPS) is 27.4. The van der Waals surface area contributed by atoms with E-state index >= 15 is 0 Å². The summed E-state index contributed by atoms with van der Waals surface area (Å²) in [6, 6.07) is 0. The number of nitrogens with one attached hydrogen (secondary N) is 1. The first kappa shape index (κ1) is 16.9. The molecule has 24 heavy (non-hydrogen) atoms. The molecule has 1 saturated carbocycles. The summed E-state index contributed by atoms with van der Waals surface area (Å²) in [7, 11) is 0. The van der Waals surface area contributed by atoms with Crippen molar-refractivity contribution in [2.75, 3.05) is 6.61 Å². The fourth-order valence-corrected chi connectivity index (χ4v) is 4.18. The van der Waals surface area contributed by atoms with Crippen LogP contribution >= 0.6 is 0 Å². The van der Waals surface area contributed by atoms with E-state index in [2.05, 4.69) is 0 Å². The molecule has 0 aromatic rings. The number of fused-ring (bicyclic) bond motifs is 1. The molecule has 6 heteroatoms. The lowest BCUT2D eigenvalue weighted by atomic mass is 9.67. The van der Waals surface area contributed by atoms with Crippen LogP contribution in [-0.2, 0) is 9.53 Å². The molecule has 6 nitrogen and oxygen atoms in total. The van der Waals surface area contributed by atoms with E-state index < -0.39 is 17.1 Å². The maximum absolute atomic E-state index is 12.8. The van der Waals surface area contributed by atoms with Crippen molar-refractivity contribution < 1.29 is 24.6 Å². The highest BCUT2D eigenvalue weighted by Crippen LogP contribution is 2.65. The van der Waals surface area contributed by atoms with Crippen LogP contribution in [0.2, 0.25) is 0 Å². The number of amides is 1. The van der Waals surface area contributed by atoms with Gasteiger partial charge in [0.25, 0.3) is 0 Å². The zero-order chi connectivity index (χ0) is 17.7. The summed E-state index contributed by atoms with van der Waals surface area (Å²) in [6.07, 6.45) is 3.92. The number of ketones is 1. The molecule has 1 atom stereocenters. The molecule has 0 saturated heterocycles. The first-order valence-corrected chi connectivity index (χ1v) is 8.24. The molecule has 0 aromatic carbocycles. The molecule has 0 aliphatic heterocycles. The van der Waals surface area contributed by atoms with E-state index in [9.17, 15) is 14.7 Å². The molecule has 3 rings (SSSR count). The molecule has 0 radical (unpaired) electrons. The Morgan fingerprint density at radius 1 is 1.38 bits per heavy atom. The van der Waals surface area contributed by atoms with E-state index in [1.165, 1.54) is 5.48 Å². The minimum absolute atomic E-state index is 0.182. The third-order valence-corrected chi connectivity index (χ3v) is 5.76. The van der Waals surface area contributed by atoms with Gasteiger partial charge in [-0.2, -0.15) is 0 Å². The fraction of sp³-hybridized carbons (Fsp3) is 0.556. The first-order chi connectivity index (χ1) is 11.3. The maximum Gasteiger partial charge on any atom is 0.431 e. The molecule has 3 aliphatic rings. The monoisotopic (exact) mass is 333 g/mol. The number of carbonyl (C=O) groups is 2. The van der Waals surface area contributed by atoms with Crippen LogP contribution in [0.25, 0.3) is 0 Å². The Balaban J connectivity index is 1.83. The van der Waals surface area contributed by atoms with Crippen molar-refractivity contribution in [2.24, 2.45) is 5.41 Å². The lowest BCUT2D eigenvalue weighted by molar-refractivity contribution is -0.137. The van der Waals surface area contributed by atoms with Gasteiger partial charge in [-0.1, -0.05) is 5.57 Å². The molecule has 1 fully saturated rings. The van der Waals surface area contributed by atoms with Crippen LogP contribution in [0.4, 0.5) is 4.79 Å². The number of aliphatic hydroxyl groups is 1. The number of Topliss-reactive ketones (excluding diaryl/α,β-unsaturated/α-hetero) is 1. The summed E-state index contributed by atoms with van der Waals surface area (Å²) in [5.41, 5.74) is 4.47. The van der Waals surface area contributed by atoms with E-state index in [4.69, 9.17) is 9.94 Å². The van der Waals surface area contributed by atoms with Gasteiger partial charge in [-0.15, -0.1) is 0 Å². The lowest BCUT2D eigenvalue weighted by Crippen LogP contribution is -2.49. The molecule has 0 unspecified atom stereocenters. The molecular formula is C18H23NO5. The smallest absolute Gasteiger partial charge is 0.431 e. The molecule has 0 bridgehead atoms. The number of ether oxygens (including phenoxy) is 1. The van der Waals surface area contributed by atoms with E-state index in [0.29, 0.717) is 18.4 Å². The van der Waals surface area contributed by atoms with Crippen LogP contribution in [0, 0.1) is 5.41 Å². The number of rotatable bonds is 4. The topological polar surface area (TPSA) is 95.9 Å². The molecule has 3 N–H and O–H groups in total. The Morgan fingerprint density at radius 3 is 2.62 bits per heavy atom. The zero-order valence-corrected chi connectivity index (χ0v) is 14.2. The van der Waals surface area contributed by atoms with Crippen molar-refractivity contribution >= 4 is 11.9 Å². The van der Waals surface area contributed by atoms with Gasteiger partial charge in [-0.05, 0) is 69.2 Å². The summed E-state index contributed by atoms with van der Waals surface area (Å²) >= 11 is 0. The minimum Gasteiger partial charge on any atom is -0.448 e. The maximum atomic E-state index is 12.8. The summed E-state index contributed by atoms with van der Waals surface area (Å²) in [6.45, 7) is 5.80. The Bertz CT molecular complexity index is 707. The van der Waals surface area contributed by atoms with Crippen molar-refractivity contribution in [1.82, 2.24) is 5.48 Å². The SMILES string of the molecule is CC1=C(CCCOC(=O)NO)C2=C(C)C3(CC3)[C@@](C)(O)C(=O)C2=C1. The second-order valence-electron chi connectivity index (χ2n) is 7.05. The van der Waals surface area contributed by atoms with Gasteiger partial charge in [0.05, 0.1) is 6.61 Å². The largest absolute Gasteiger partial charge is 0.448 e. The third kappa shape index (κ3) is 2.24. The van der Waals surface area contributed by atoms with Crippen molar-refractivity contribution in [3.63, 3.8) is 0 Å². The molecule has 130 valence electrons. The molecule has 0 aromatic heterocycles. The average molecular weight is 333 g/mol. The summed E-state index contributed by atoms with van der Waals surface area (Å²) in [4.78, 5) is 23.7. The van der Waals surface area contributed by atoms with Gasteiger partial charge in [0, 0.05) is 11.0 Å². The number of hydroxylamine groups is 1. The first-order valence-electron chi connectivity index (χ1n) is 8.24. The standard InChI is InChI=1S/C18H23NO5/c1-10-9-13-14(12(10)5-4-8-24-16(21)19-23)11(2)18(6-7-18)17(3,22)15(13)20/h9,22-23H,4-8H2,1-3H3,(H,19,21)/t17-/m0/s1. The predicted molar refractivity (Wildman–Crippen MR) is 86.3 cm³/mol. The molecule has 1 amide bonds. The van der Waals surface area contributed by atoms with Gasteiger partial charge in [-0.3, -0.25) is 10.0 Å². The van der Waals surface area contributed by atoms with Crippen LogP contribution in [0.15, 0.2) is 33.9 Å². The Kier molecular flexibility index (Phi) is 3.92. The molecule has 3 aliphatic carbocycles. The van der Waals surface area contributed by atoms with E-state index in [0.717, 1.165) is 35.1 Å².